The smallest absolute Gasteiger partial charge is 0.423 e. The molecule has 0 saturated carbocycles. The van der Waals surface area contributed by atoms with Crippen LogP contribution in [0.3, 0.4) is 0 Å². The summed E-state index contributed by atoms with van der Waals surface area (Å²) in [7, 11) is 0.701. The molecular weight excluding hydrogens is 299 g/mol. The quantitative estimate of drug-likeness (QED) is 0.798. The van der Waals surface area contributed by atoms with Crippen molar-refractivity contribution in [3.05, 3.63) is 18.2 Å². The van der Waals surface area contributed by atoms with Crippen LogP contribution >= 0.6 is 10.7 Å². The highest BCUT2D eigenvalue weighted by molar-refractivity contribution is 8.13. The Morgan fingerprint density at radius 3 is 2.56 bits per heavy atom. The standard InChI is InChI=1S/C8H3ClF3NO4S/c9-18(14,15)7-13-4-2-1-3-5(6(4)16-7)17-8(10,11)12/h1-3H. The van der Waals surface area contributed by atoms with Crippen molar-refractivity contribution in [2.75, 3.05) is 0 Å². The predicted octanol–water partition coefficient (Wildman–Crippen LogP) is 2.65. The number of fused-ring (bicyclic) bond motifs is 1. The summed E-state index contributed by atoms with van der Waals surface area (Å²) in [6.07, 6.45) is -4.93. The number of oxazole rings is 1. The number of benzene rings is 1. The van der Waals surface area contributed by atoms with Gasteiger partial charge in [-0.2, -0.15) is 4.98 Å². The summed E-state index contributed by atoms with van der Waals surface area (Å²) in [6, 6.07) is 3.43. The molecule has 1 aromatic carbocycles. The fourth-order valence-corrected chi connectivity index (χ4v) is 1.80. The molecule has 98 valence electrons. The van der Waals surface area contributed by atoms with E-state index in [1.54, 1.807) is 0 Å². The molecule has 0 amide bonds. The van der Waals surface area contributed by atoms with E-state index in [9.17, 15) is 21.6 Å². The van der Waals surface area contributed by atoms with Crippen LogP contribution in [0.4, 0.5) is 13.2 Å². The maximum Gasteiger partial charge on any atom is 0.573 e. The topological polar surface area (TPSA) is 69.4 Å². The summed E-state index contributed by atoms with van der Waals surface area (Å²) >= 11 is 0. The van der Waals surface area contributed by atoms with Gasteiger partial charge in [0.1, 0.15) is 5.52 Å². The zero-order valence-corrected chi connectivity index (χ0v) is 9.80. The van der Waals surface area contributed by atoms with Crippen molar-refractivity contribution < 1.29 is 30.7 Å². The number of hydrogen-bond acceptors (Lipinski definition) is 5. The third-order valence-electron chi connectivity index (χ3n) is 1.79. The highest BCUT2D eigenvalue weighted by Gasteiger charge is 2.33. The van der Waals surface area contributed by atoms with Crippen LogP contribution in [-0.4, -0.2) is 19.8 Å². The number of alkyl halides is 3. The van der Waals surface area contributed by atoms with E-state index in [-0.39, 0.29) is 5.52 Å². The van der Waals surface area contributed by atoms with Crippen LogP contribution in [0.1, 0.15) is 0 Å². The first-order chi connectivity index (χ1) is 8.17. The van der Waals surface area contributed by atoms with E-state index in [4.69, 9.17) is 10.7 Å². The predicted molar refractivity (Wildman–Crippen MR) is 53.7 cm³/mol. The van der Waals surface area contributed by atoms with Crippen LogP contribution in [0.5, 0.6) is 5.75 Å². The molecule has 0 spiro atoms. The lowest BCUT2D eigenvalue weighted by Crippen LogP contribution is -2.17. The minimum absolute atomic E-state index is 0.115. The molecular formula is C8H3ClF3NO4S. The number of rotatable bonds is 2. The van der Waals surface area contributed by atoms with Gasteiger partial charge in [0.25, 0.3) is 0 Å². The Morgan fingerprint density at radius 2 is 2.00 bits per heavy atom. The third kappa shape index (κ3) is 2.67. The molecule has 0 unspecified atom stereocenters. The van der Waals surface area contributed by atoms with Gasteiger partial charge in [-0.3, -0.25) is 0 Å². The van der Waals surface area contributed by atoms with Crippen LogP contribution in [0.25, 0.3) is 11.1 Å². The molecule has 5 nitrogen and oxygen atoms in total. The summed E-state index contributed by atoms with van der Waals surface area (Å²) in [5, 5.41) is -0.891. The van der Waals surface area contributed by atoms with E-state index in [0.717, 1.165) is 6.07 Å². The molecule has 10 heteroatoms. The van der Waals surface area contributed by atoms with Crippen molar-refractivity contribution in [3.63, 3.8) is 0 Å². The number of hydrogen-bond donors (Lipinski definition) is 0. The maximum absolute atomic E-state index is 12.1. The van der Waals surface area contributed by atoms with E-state index in [1.165, 1.54) is 12.1 Å². The zero-order valence-electron chi connectivity index (χ0n) is 8.23. The van der Waals surface area contributed by atoms with Gasteiger partial charge in [-0.05, 0) is 12.1 Å². The van der Waals surface area contributed by atoms with E-state index in [0.29, 0.717) is 0 Å². The van der Waals surface area contributed by atoms with E-state index in [2.05, 4.69) is 14.1 Å². The molecule has 2 aromatic rings. The number of nitrogens with zero attached hydrogens (tertiary/aromatic N) is 1. The van der Waals surface area contributed by atoms with Crippen molar-refractivity contribution >= 4 is 30.8 Å². The van der Waals surface area contributed by atoms with Gasteiger partial charge in [0.05, 0.1) is 0 Å². The van der Waals surface area contributed by atoms with Crippen LogP contribution < -0.4 is 4.74 Å². The normalized spacial score (nSPS) is 12.9. The lowest BCUT2D eigenvalue weighted by molar-refractivity contribution is -0.274. The minimum atomic E-state index is -4.93. The Kier molecular flexibility index (Phi) is 2.90. The summed E-state index contributed by atoms with van der Waals surface area (Å²) in [6.45, 7) is 0. The molecule has 18 heavy (non-hydrogen) atoms. The maximum atomic E-state index is 12.1. The van der Waals surface area contributed by atoms with Crippen molar-refractivity contribution in [2.45, 2.75) is 11.6 Å². The zero-order chi connectivity index (χ0) is 13.6. The van der Waals surface area contributed by atoms with Gasteiger partial charge in [-0.15, -0.1) is 13.2 Å². The van der Waals surface area contributed by atoms with Crippen LogP contribution in [0.15, 0.2) is 27.8 Å². The first kappa shape index (κ1) is 13.0. The molecule has 0 fully saturated rings. The number of ether oxygens (including phenoxy) is 1. The molecule has 0 bridgehead atoms. The van der Waals surface area contributed by atoms with Crippen LogP contribution in [-0.2, 0) is 9.05 Å². The second-order valence-electron chi connectivity index (χ2n) is 3.07. The lowest BCUT2D eigenvalue weighted by atomic mass is 10.3. The molecule has 0 saturated heterocycles. The van der Waals surface area contributed by atoms with Crippen molar-refractivity contribution in [2.24, 2.45) is 0 Å². The van der Waals surface area contributed by atoms with Crippen molar-refractivity contribution in [1.29, 1.82) is 0 Å². The van der Waals surface area contributed by atoms with Gasteiger partial charge >= 0.3 is 20.6 Å². The second-order valence-corrected chi connectivity index (χ2v) is 5.51. The number of aromatic nitrogens is 1. The van der Waals surface area contributed by atoms with E-state index in [1.807, 2.05) is 0 Å². The van der Waals surface area contributed by atoms with Gasteiger partial charge in [-0.1, -0.05) is 6.07 Å². The molecule has 0 atom stereocenters. The SMILES string of the molecule is O=S(=O)(Cl)c1nc2cccc(OC(F)(F)F)c2o1. The highest BCUT2D eigenvalue weighted by Crippen LogP contribution is 2.32. The van der Waals surface area contributed by atoms with E-state index < -0.39 is 32.0 Å². The minimum Gasteiger partial charge on any atom is -0.423 e. The molecule has 0 radical (unpaired) electrons. The van der Waals surface area contributed by atoms with Crippen LogP contribution in [0.2, 0.25) is 0 Å². The fourth-order valence-electron chi connectivity index (χ4n) is 1.21. The summed E-state index contributed by atoms with van der Waals surface area (Å²) < 4.78 is 66.5. The highest BCUT2D eigenvalue weighted by atomic mass is 35.7. The Hall–Kier alpha value is -1.48. The summed E-state index contributed by atoms with van der Waals surface area (Å²) in [5.41, 5.74) is -0.565. The number of halogens is 4. The summed E-state index contributed by atoms with van der Waals surface area (Å²) in [5.74, 6) is -0.695. The Labute approximate surface area is 103 Å². The van der Waals surface area contributed by atoms with Gasteiger partial charge in [0.15, 0.2) is 11.3 Å². The first-order valence-corrected chi connectivity index (χ1v) is 6.58. The third-order valence-corrected chi connectivity index (χ3v) is 2.78. The van der Waals surface area contributed by atoms with Crippen molar-refractivity contribution in [1.82, 2.24) is 4.98 Å². The lowest BCUT2D eigenvalue weighted by Gasteiger charge is -2.07. The largest absolute Gasteiger partial charge is 0.573 e. The molecule has 2 rings (SSSR count). The van der Waals surface area contributed by atoms with Gasteiger partial charge in [0.2, 0.25) is 0 Å². The number of para-hydroxylation sites is 1. The summed E-state index contributed by atoms with van der Waals surface area (Å²) in [4.78, 5) is 3.44. The Bertz CT molecular complexity index is 694. The molecule has 1 heterocycles. The van der Waals surface area contributed by atoms with E-state index >= 15 is 0 Å². The average Bonchev–Trinajstić information content (AvgIpc) is 2.59. The fraction of sp³-hybridized carbons (Fsp3) is 0.125. The van der Waals surface area contributed by atoms with Crippen molar-refractivity contribution in [3.8, 4) is 5.75 Å². The monoisotopic (exact) mass is 301 g/mol. The molecule has 0 aliphatic carbocycles. The van der Waals surface area contributed by atoms with Gasteiger partial charge in [0, 0.05) is 10.7 Å². The second kappa shape index (κ2) is 4.02. The van der Waals surface area contributed by atoms with Crippen LogP contribution in [0, 0.1) is 0 Å². The first-order valence-electron chi connectivity index (χ1n) is 4.27. The Balaban J connectivity index is 2.60. The van der Waals surface area contributed by atoms with Gasteiger partial charge < -0.3 is 9.15 Å². The Morgan fingerprint density at radius 1 is 1.33 bits per heavy atom. The molecule has 0 N–H and O–H groups in total. The molecule has 0 aliphatic heterocycles. The molecule has 0 aliphatic rings. The van der Waals surface area contributed by atoms with Gasteiger partial charge in [-0.25, -0.2) is 8.42 Å². The average molecular weight is 302 g/mol. The molecule has 1 aromatic heterocycles.